The quantitative estimate of drug-likeness (QED) is 0.436. The number of anilines is 1. The van der Waals surface area contributed by atoms with Crippen LogP contribution in [-0.2, 0) is 4.74 Å². The van der Waals surface area contributed by atoms with Gasteiger partial charge in [0.2, 0.25) is 0 Å². The van der Waals surface area contributed by atoms with E-state index in [1.165, 1.54) is 16.8 Å². The first-order valence-corrected chi connectivity index (χ1v) is 7.40. The highest BCUT2D eigenvalue weighted by atomic mass is 127. The Bertz CT molecular complexity index is 911. The van der Waals surface area contributed by atoms with Crippen molar-refractivity contribution in [3.8, 4) is 17.8 Å². The third-order valence-electron chi connectivity index (χ3n) is 3.04. The van der Waals surface area contributed by atoms with Crippen molar-refractivity contribution in [1.29, 1.82) is 10.5 Å². The van der Waals surface area contributed by atoms with Crippen molar-refractivity contribution in [3.05, 3.63) is 43.5 Å². The largest absolute Gasteiger partial charge is 0.464 e. The van der Waals surface area contributed by atoms with Gasteiger partial charge >= 0.3 is 5.97 Å². The second-order valence-electron chi connectivity index (χ2n) is 4.27. The van der Waals surface area contributed by atoms with E-state index >= 15 is 0 Å². The minimum absolute atomic E-state index is 0.000415. The molecule has 0 amide bonds. The second kappa shape index (κ2) is 6.44. The van der Waals surface area contributed by atoms with Gasteiger partial charge in [0.05, 0.1) is 29.1 Å². The predicted molar refractivity (Wildman–Crippen MR) is 88.6 cm³/mol. The lowest BCUT2D eigenvalue weighted by atomic mass is 10.1. The van der Waals surface area contributed by atoms with Gasteiger partial charge in [-0.1, -0.05) is 11.6 Å². The fourth-order valence-corrected chi connectivity index (χ4v) is 3.24. The van der Waals surface area contributed by atoms with Crippen LogP contribution >= 0.6 is 34.2 Å². The molecule has 0 spiro atoms. The lowest BCUT2D eigenvalue weighted by Crippen LogP contribution is -2.13. The fraction of sp³-hybridized carbons (Fsp3) is 0.0714. The Kier molecular flexibility index (Phi) is 4.78. The molecule has 0 atom stereocenters. The summed E-state index contributed by atoms with van der Waals surface area (Å²) in [5, 5.41) is 18.1. The molecule has 116 valence electrons. The first-order chi connectivity index (χ1) is 10.9. The van der Waals surface area contributed by atoms with Crippen LogP contribution in [0.2, 0.25) is 5.02 Å². The van der Waals surface area contributed by atoms with Crippen molar-refractivity contribution >= 4 is 45.8 Å². The number of ether oxygens (including phenoxy) is 1. The Hall–Kier alpha value is -2.30. The van der Waals surface area contributed by atoms with Gasteiger partial charge in [0.1, 0.15) is 17.7 Å². The fourth-order valence-electron chi connectivity index (χ4n) is 2.01. The maximum atomic E-state index is 14.1. The maximum absolute atomic E-state index is 14.1. The van der Waals surface area contributed by atoms with Crippen molar-refractivity contribution < 1.29 is 13.9 Å². The number of carbonyl (C=O) groups excluding carboxylic acids is 1. The van der Waals surface area contributed by atoms with Crippen LogP contribution in [0.5, 0.6) is 0 Å². The molecule has 1 aromatic carbocycles. The highest BCUT2D eigenvalue weighted by Gasteiger charge is 2.26. The number of nitrogens with two attached hydrogens (primary N) is 1. The third kappa shape index (κ3) is 2.71. The van der Waals surface area contributed by atoms with E-state index in [1.807, 2.05) is 28.7 Å². The molecule has 0 saturated heterocycles. The van der Waals surface area contributed by atoms with Crippen LogP contribution in [0.4, 0.5) is 10.1 Å². The van der Waals surface area contributed by atoms with Gasteiger partial charge in [-0.15, -0.1) is 0 Å². The number of halogens is 3. The number of esters is 1. The maximum Gasteiger partial charge on any atom is 0.357 e. The minimum Gasteiger partial charge on any atom is -0.464 e. The van der Waals surface area contributed by atoms with Crippen LogP contribution in [0.25, 0.3) is 5.69 Å². The summed E-state index contributed by atoms with van der Waals surface area (Å²) in [5.74, 6) is -1.75. The summed E-state index contributed by atoms with van der Waals surface area (Å²) in [5.41, 5.74) is 5.20. The molecule has 1 aromatic heterocycles. The van der Waals surface area contributed by atoms with Gasteiger partial charge in [-0.3, -0.25) is 0 Å². The van der Waals surface area contributed by atoms with Gasteiger partial charge in [0.25, 0.3) is 0 Å². The van der Waals surface area contributed by atoms with Crippen LogP contribution in [0.1, 0.15) is 21.6 Å². The van der Waals surface area contributed by atoms with Crippen LogP contribution in [0.15, 0.2) is 12.3 Å². The lowest BCUT2D eigenvalue weighted by Gasteiger charge is -2.13. The predicted octanol–water partition coefficient (Wildman–Crippen LogP) is 2.99. The van der Waals surface area contributed by atoms with Gasteiger partial charge in [0.15, 0.2) is 11.5 Å². The second-order valence-corrected chi connectivity index (χ2v) is 5.84. The number of rotatable bonds is 2. The van der Waals surface area contributed by atoms with E-state index in [0.29, 0.717) is 3.57 Å². The van der Waals surface area contributed by atoms with Gasteiger partial charge in [-0.25, -0.2) is 9.18 Å². The Morgan fingerprint density at radius 2 is 2.13 bits per heavy atom. The first-order valence-electron chi connectivity index (χ1n) is 5.94. The molecular formula is C14H7ClFIN4O2. The van der Waals surface area contributed by atoms with Crippen LogP contribution in [0, 0.1) is 32.0 Å². The Labute approximate surface area is 148 Å². The summed E-state index contributed by atoms with van der Waals surface area (Å²) >= 11 is 7.58. The Morgan fingerprint density at radius 3 is 2.65 bits per heavy atom. The normalized spacial score (nSPS) is 10.0. The average Bonchev–Trinajstić information content (AvgIpc) is 2.86. The summed E-state index contributed by atoms with van der Waals surface area (Å²) in [4.78, 5) is 12.0. The molecule has 23 heavy (non-hydrogen) atoms. The van der Waals surface area contributed by atoms with Crippen molar-refractivity contribution in [2.24, 2.45) is 0 Å². The molecule has 0 aliphatic carbocycles. The topological polar surface area (TPSA) is 105 Å². The van der Waals surface area contributed by atoms with Crippen molar-refractivity contribution in [1.82, 2.24) is 4.57 Å². The van der Waals surface area contributed by atoms with Gasteiger partial charge in [-0.2, -0.15) is 10.5 Å². The summed E-state index contributed by atoms with van der Waals surface area (Å²) in [6.07, 6.45) is 1.24. The monoisotopic (exact) mass is 444 g/mol. The highest BCUT2D eigenvalue weighted by Crippen LogP contribution is 2.33. The van der Waals surface area contributed by atoms with E-state index in [0.717, 1.165) is 7.11 Å². The number of aromatic nitrogens is 1. The zero-order chi connectivity index (χ0) is 17.3. The van der Waals surface area contributed by atoms with E-state index in [4.69, 9.17) is 22.6 Å². The molecule has 6 nitrogen and oxygen atoms in total. The van der Waals surface area contributed by atoms with Crippen LogP contribution in [0.3, 0.4) is 0 Å². The summed E-state index contributed by atoms with van der Waals surface area (Å²) in [7, 11) is 1.14. The van der Waals surface area contributed by atoms with Gasteiger partial charge < -0.3 is 15.0 Å². The highest BCUT2D eigenvalue weighted by molar-refractivity contribution is 14.1. The molecule has 0 fully saturated rings. The zero-order valence-corrected chi connectivity index (χ0v) is 14.4. The molecule has 1 heterocycles. The van der Waals surface area contributed by atoms with E-state index in [1.54, 1.807) is 6.07 Å². The molecular weight excluding hydrogens is 438 g/mol. The SMILES string of the molecule is COC(=O)c1c(N)c(C#N)cn1-c1c(I)cc(Cl)c(F)c1C#N. The van der Waals surface area contributed by atoms with Crippen molar-refractivity contribution in [2.45, 2.75) is 0 Å². The summed E-state index contributed by atoms with van der Waals surface area (Å²) in [6.45, 7) is 0. The lowest BCUT2D eigenvalue weighted by molar-refractivity contribution is 0.0593. The van der Waals surface area contributed by atoms with E-state index in [9.17, 15) is 14.4 Å². The molecule has 2 N–H and O–H groups in total. The molecule has 9 heteroatoms. The minimum atomic E-state index is -0.925. The average molecular weight is 445 g/mol. The van der Waals surface area contributed by atoms with Crippen molar-refractivity contribution in [3.63, 3.8) is 0 Å². The Morgan fingerprint density at radius 1 is 1.48 bits per heavy atom. The molecule has 0 aliphatic heterocycles. The van der Waals surface area contributed by atoms with Crippen molar-refractivity contribution in [2.75, 3.05) is 12.8 Å². The molecule has 0 bridgehead atoms. The molecule has 0 saturated carbocycles. The smallest absolute Gasteiger partial charge is 0.357 e. The van der Waals surface area contributed by atoms with Gasteiger partial charge in [-0.05, 0) is 28.7 Å². The molecule has 2 aromatic rings. The third-order valence-corrected chi connectivity index (χ3v) is 4.14. The number of hydrogen-bond donors (Lipinski definition) is 1. The molecule has 0 radical (unpaired) electrons. The van der Waals surface area contributed by atoms with Gasteiger partial charge in [0, 0.05) is 9.77 Å². The zero-order valence-electron chi connectivity index (χ0n) is 11.5. The van der Waals surface area contributed by atoms with Crippen LogP contribution in [-0.4, -0.2) is 17.6 Å². The number of nitrogens with zero attached hydrogens (tertiary/aromatic N) is 3. The number of methoxy groups -OCH3 is 1. The van der Waals surface area contributed by atoms with E-state index in [-0.39, 0.29) is 33.2 Å². The molecule has 2 rings (SSSR count). The van der Waals surface area contributed by atoms with E-state index < -0.39 is 11.8 Å². The summed E-state index contributed by atoms with van der Waals surface area (Å²) < 4.78 is 20.4. The number of benzene rings is 1. The Balaban J connectivity index is 2.95. The van der Waals surface area contributed by atoms with E-state index in [2.05, 4.69) is 4.74 Å². The standard InChI is InChI=1S/C14H7ClFIN4O2/c1-23-14(22)13-11(20)6(3-18)5-21(13)12-7(4-19)10(16)8(15)2-9(12)17/h2,5H,20H2,1H3. The molecule has 0 unspecified atom stereocenters. The van der Waals surface area contributed by atoms with Crippen LogP contribution < -0.4 is 5.73 Å². The first kappa shape index (κ1) is 17.1. The summed E-state index contributed by atoms with van der Waals surface area (Å²) in [6, 6.07) is 4.85. The number of carbonyl (C=O) groups is 1. The number of nitrogen functional groups attached to an aromatic ring is 1. The molecule has 0 aliphatic rings. The number of nitriles is 2. The number of hydrogen-bond acceptors (Lipinski definition) is 5.